The minimum absolute atomic E-state index is 0. The minimum Gasteiger partial charge on any atom is -0.662 e. The Morgan fingerprint density at radius 1 is 0.579 bits per heavy atom. The molecule has 0 atom stereocenters. The Balaban J connectivity index is -0.000000853. The van der Waals surface area contributed by atoms with E-state index in [2.05, 4.69) is 21.3 Å². The second kappa shape index (κ2) is 21.1. The van der Waals surface area contributed by atoms with Crippen LogP contribution >= 0.6 is 12.4 Å². The zero-order valence-electron chi connectivity index (χ0n) is 12.3. The molecular formula is C13H31ClN4Ti. The number of hydrogen-bond acceptors (Lipinski definition) is 3. The third kappa shape index (κ3) is 18.8. The van der Waals surface area contributed by atoms with Crippen LogP contribution in [0.2, 0.25) is 0 Å². The fourth-order valence-electron chi connectivity index (χ4n) is 1.80. The third-order valence-corrected chi connectivity index (χ3v) is 2.75. The summed E-state index contributed by atoms with van der Waals surface area (Å²) < 4.78 is 0. The number of rotatable bonds is 0. The van der Waals surface area contributed by atoms with Gasteiger partial charge in [-0.05, 0) is 52.1 Å². The van der Waals surface area contributed by atoms with E-state index in [9.17, 15) is 0 Å². The van der Waals surface area contributed by atoms with Gasteiger partial charge < -0.3 is 28.7 Å². The minimum atomic E-state index is 0. The Hall–Kier alpha value is 0.844. The normalized spacial score (nSPS) is 20.2. The van der Waals surface area contributed by atoms with Gasteiger partial charge in [0.1, 0.15) is 0 Å². The molecule has 114 valence electrons. The van der Waals surface area contributed by atoms with Crippen LogP contribution in [0.3, 0.4) is 0 Å². The Labute approximate surface area is 140 Å². The first kappa shape index (κ1) is 24.8. The first-order valence-electron chi connectivity index (χ1n) is 6.75. The van der Waals surface area contributed by atoms with Crippen molar-refractivity contribution in [3.05, 3.63) is 12.7 Å². The molecule has 0 aliphatic carbocycles. The van der Waals surface area contributed by atoms with Gasteiger partial charge >= 0.3 is 21.7 Å². The van der Waals surface area contributed by atoms with Crippen LogP contribution in [0, 0.1) is 7.43 Å². The topological polar surface area (TPSA) is 50.2 Å². The summed E-state index contributed by atoms with van der Waals surface area (Å²) in [6, 6.07) is 0. The van der Waals surface area contributed by atoms with Crippen molar-refractivity contribution >= 4 is 12.4 Å². The molecule has 3 N–H and O–H groups in total. The number of halogens is 1. The van der Waals surface area contributed by atoms with E-state index in [0.717, 1.165) is 52.4 Å². The molecule has 0 spiro atoms. The van der Waals surface area contributed by atoms with Crippen molar-refractivity contribution in [2.45, 2.75) is 25.7 Å². The molecule has 4 nitrogen and oxygen atoms in total. The summed E-state index contributed by atoms with van der Waals surface area (Å²) in [6.45, 7) is 8.80. The quantitative estimate of drug-likeness (QED) is 0.468. The molecule has 1 rings (SSSR count). The van der Waals surface area contributed by atoms with Crippen molar-refractivity contribution in [1.29, 1.82) is 0 Å². The van der Waals surface area contributed by atoms with Gasteiger partial charge in [0, 0.05) is 0 Å². The van der Waals surface area contributed by atoms with E-state index in [1.807, 2.05) is 0 Å². The summed E-state index contributed by atoms with van der Waals surface area (Å²) in [6.07, 6.45) is 4.82. The zero-order chi connectivity index (χ0) is 11.3. The molecule has 0 aromatic heterocycles. The molecule has 19 heavy (non-hydrogen) atoms. The number of nitrogens with zero attached hydrogens (tertiary/aromatic N) is 1. The third-order valence-electron chi connectivity index (χ3n) is 2.75. The van der Waals surface area contributed by atoms with Gasteiger partial charge in [-0.3, -0.25) is 0 Å². The van der Waals surface area contributed by atoms with Gasteiger partial charge in [0.05, 0.1) is 0 Å². The zero-order valence-corrected chi connectivity index (χ0v) is 14.7. The van der Waals surface area contributed by atoms with Crippen LogP contribution < -0.4 is 16.0 Å². The standard InChI is InChI=1S/C12H27N4.CH3.ClH.Ti/c1-5-13-7-2-9-15-11-4-12-16-10-3-8-14-6-1;;;/h13-15H,1-12H2;1H3;1H;/q2*-1;;+2. The summed E-state index contributed by atoms with van der Waals surface area (Å²) >= 11 is 0. The molecule has 1 aliphatic heterocycles. The summed E-state index contributed by atoms with van der Waals surface area (Å²) in [4.78, 5) is 0. The molecule has 0 aromatic carbocycles. The molecular weight excluding hydrogens is 295 g/mol. The average molecular weight is 327 g/mol. The predicted molar refractivity (Wildman–Crippen MR) is 83.8 cm³/mol. The molecule has 0 saturated carbocycles. The van der Waals surface area contributed by atoms with Crippen LogP contribution in [0.5, 0.6) is 0 Å². The van der Waals surface area contributed by atoms with Gasteiger partial charge in [-0.2, -0.15) is 0 Å². The molecule has 0 aromatic rings. The van der Waals surface area contributed by atoms with Crippen LogP contribution in [-0.2, 0) is 21.7 Å². The molecule has 0 radical (unpaired) electrons. The molecule has 0 bridgehead atoms. The fourth-order valence-corrected chi connectivity index (χ4v) is 1.80. The van der Waals surface area contributed by atoms with Crippen molar-refractivity contribution in [2.24, 2.45) is 0 Å². The SMILES string of the molecule is C1C[N-]CCCNCCCNCCCNC1.Cl.[CH3-].[Ti+2]. The summed E-state index contributed by atoms with van der Waals surface area (Å²) in [5.41, 5.74) is 0. The van der Waals surface area contributed by atoms with E-state index in [1.54, 1.807) is 0 Å². The smallest absolute Gasteiger partial charge is 0.662 e. The summed E-state index contributed by atoms with van der Waals surface area (Å²) in [7, 11) is 0. The van der Waals surface area contributed by atoms with Gasteiger partial charge in [-0.25, -0.2) is 0 Å². The van der Waals surface area contributed by atoms with Gasteiger partial charge in [0.25, 0.3) is 0 Å². The van der Waals surface area contributed by atoms with Gasteiger partial charge in [-0.15, -0.1) is 25.5 Å². The average Bonchev–Trinajstić information content (AvgIpc) is 2.29. The first-order chi connectivity index (χ1) is 8.00. The summed E-state index contributed by atoms with van der Waals surface area (Å²) in [5, 5.41) is 14.9. The molecule has 1 heterocycles. The molecule has 1 saturated heterocycles. The molecule has 6 heteroatoms. The maximum Gasteiger partial charge on any atom is 2.00 e. The van der Waals surface area contributed by atoms with E-state index in [0.29, 0.717) is 0 Å². The van der Waals surface area contributed by atoms with E-state index in [4.69, 9.17) is 0 Å². The van der Waals surface area contributed by atoms with Gasteiger partial charge in [0.15, 0.2) is 0 Å². The maximum absolute atomic E-state index is 4.51. The first-order valence-corrected chi connectivity index (χ1v) is 6.75. The molecule has 0 amide bonds. The van der Waals surface area contributed by atoms with Crippen molar-refractivity contribution in [1.82, 2.24) is 16.0 Å². The van der Waals surface area contributed by atoms with Crippen LogP contribution in [-0.4, -0.2) is 52.4 Å². The fraction of sp³-hybridized carbons (Fsp3) is 0.923. The summed E-state index contributed by atoms with van der Waals surface area (Å²) in [5.74, 6) is 0. The van der Waals surface area contributed by atoms with Crippen molar-refractivity contribution in [2.75, 3.05) is 52.4 Å². The van der Waals surface area contributed by atoms with E-state index < -0.39 is 0 Å². The van der Waals surface area contributed by atoms with Crippen LogP contribution in [0.1, 0.15) is 25.7 Å². The van der Waals surface area contributed by atoms with Crippen LogP contribution in [0.15, 0.2) is 0 Å². The van der Waals surface area contributed by atoms with Gasteiger partial charge in [0.2, 0.25) is 0 Å². The maximum atomic E-state index is 4.51. The molecule has 1 fully saturated rings. The predicted octanol–water partition coefficient (Wildman–Crippen LogP) is 1.57. The number of nitrogens with one attached hydrogen (secondary N) is 3. The largest absolute Gasteiger partial charge is 2.00 e. The Kier molecular flexibility index (Phi) is 27.6. The second-order valence-corrected chi connectivity index (χ2v) is 4.34. The van der Waals surface area contributed by atoms with E-state index in [-0.39, 0.29) is 41.6 Å². The Bertz CT molecular complexity index is 88.6. The Morgan fingerprint density at radius 3 is 1.26 bits per heavy atom. The van der Waals surface area contributed by atoms with E-state index >= 15 is 0 Å². The molecule has 0 unspecified atom stereocenters. The van der Waals surface area contributed by atoms with Crippen molar-refractivity contribution < 1.29 is 21.7 Å². The van der Waals surface area contributed by atoms with Crippen LogP contribution in [0.4, 0.5) is 0 Å². The van der Waals surface area contributed by atoms with Gasteiger partial charge in [-0.1, -0.05) is 12.8 Å². The Morgan fingerprint density at radius 2 is 0.895 bits per heavy atom. The monoisotopic (exact) mass is 326 g/mol. The van der Waals surface area contributed by atoms with Crippen molar-refractivity contribution in [3.8, 4) is 0 Å². The molecule has 1 aliphatic rings. The second-order valence-electron chi connectivity index (χ2n) is 4.34. The van der Waals surface area contributed by atoms with E-state index in [1.165, 1.54) is 25.7 Å². The van der Waals surface area contributed by atoms with Crippen LogP contribution in [0.25, 0.3) is 5.32 Å². The number of hydrogen-bond donors (Lipinski definition) is 3. The van der Waals surface area contributed by atoms with Crippen molar-refractivity contribution in [3.63, 3.8) is 0 Å².